The van der Waals surface area contributed by atoms with Crippen LogP contribution in [-0.2, 0) is 14.9 Å². The van der Waals surface area contributed by atoms with Gasteiger partial charge in [-0.25, -0.2) is 9.50 Å². The molecule has 6 nitrogen and oxygen atoms in total. The zero-order valence-corrected chi connectivity index (χ0v) is 15.7. The Morgan fingerprint density at radius 3 is 2.71 bits per heavy atom. The van der Waals surface area contributed by atoms with E-state index in [0.717, 1.165) is 41.5 Å². The first kappa shape index (κ1) is 17.2. The van der Waals surface area contributed by atoms with Crippen molar-refractivity contribution in [1.29, 1.82) is 0 Å². The molecule has 2 aromatic heterocycles. The molecule has 0 saturated heterocycles. The lowest BCUT2D eigenvalue weighted by Crippen LogP contribution is -2.37. The van der Waals surface area contributed by atoms with E-state index in [2.05, 4.69) is 36.2 Å². The second-order valence-electron chi connectivity index (χ2n) is 7.57. The number of carbonyl (C=O) groups excluding carboxylic acids is 1. The highest BCUT2D eigenvalue weighted by molar-refractivity contribution is 7.20. The molecule has 0 radical (unpaired) electrons. The van der Waals surface area contributed by atoms with Crippen LogP contribution in [0.3, 0.4) is 0 Å². The number of nitrogens with one attached hydrogen (secondary N) is 1. The number of anilines is 1. The van der Waals surface area contributed by atoms with Gasteiger partial charge >= 0.3 is 5.97 Å². The van der Waals surface area contributed by atoms with Gasteiger partial charge in [0.05, 0.1) is 23.9 Å². The van der Waals surface area contributed by atoms with Gasteiger partial charge in [-0.3, -0.25) is 4.79 Å². The van der Waals surface area contributed by atoms with Gasteiger partial charge in [0.1, 0.15) is 0 Å². The molecule has 2 heterocycles. The summed E-state index contributed by atoms with van der Waals surface area (Å²) in [5, 5.41) is 8.70. The number of imidazole rings is 1. The minimum atomic E-state index is -0.402. The number of hydrogen-bond acceptors (Lipinski definition) is 6. The second-order valence-corrected chi connectivity index (χ2v) is 8.53. The van der Waals surface area contributed by atoms with E-state index in [4.69, 9.17) is 4.74 Å². The van der Waals surface area contributed by atoms with Crippen molar-refractivity contribution in [3.63, 3.8) is 0 Å². The van der Waals surface area contributed by atoms with Crippen LogP contribution in [-0.4, -0.2) is 33.7 Å². The van der Waals surface area contributed by atoms with Gasteiger partial charge in [-0.15, -0.1) is 5.10 Å². The number of hydrogen-bond donors (Lipinski definition) is 1. The van der Waals surface area contributed by atoms with Crippen LogP contribution in [0.2, 0.25) is 0 Å². The van der Waals surface area contributed by atoms with Crippen LogP contribution in [0.25, 0.3) is 4.96 Å². The van der Waals surface area contributed by atoms with Gasteiger partial charge in [0, 0.05) is 12.0 Å². The van der Waals surface area contributed by atoms with E-state index in [1.54, 1.807) is 0 Å². The number of nitrogens with zero attached hydrogens (tertiary/aromatic N) is 3. The average Bonchev–Trinajstić information content (AvgIpc) is 3.19. The Bertz CT molecular complexity index is 691. The number of carbonyl (C=O) groups is 1. The third-order valence-electron chi connectivity index (χ3n) is 4.66. The zero-order valence-electron chi connectivity index (χ0n) is 14.9. The predicted molar refractivity (Wildman–Crippen MR) is 95.6 cm³/mol. The summed E-state index contributed by atoms with van der Waals surface area (Å²) in [5.74, 6) is -0.0775. The first-order chi connectivity index (χ1) is 11.3. The first-order valence-electron chi connectivity index (χ1n) is 8.62. The van der Waals surface area contributed by atoms with Crippen molar-refractivity contribution >= 4 is 27.4 Å². The van der Waals surface area contributed by atoms with Crippen LogP contribution in [0, 0.1) is 5.41 Å². The van der Waals surface area contributed by atoms with Gasteiger partial charge in [0.15, 0.2) is 0 Å². The van der Waals surface area contributed by atoms with E-state index in [0.29, 0.717) is 13.2 Å². The van der Waals surface area contributed by atoms with Crippen LogP contribution in [0.5, 0.6) is 0 Å². The van der Waals surface area contributed by atoms with Crippen LogP contribution in [0.1, 0.15) is 59.1 Å². The summed E-state index contributed by atoms with van der Waals surface area (Å²) in [7, 11) is 0. The highest BCUT2D eigenvalue weighted by atomic mass is 32.1. The number of rotatable bonds is 5. The molecule has 1 saturated carbocycles. The summed E-state index contributed by atoms with van der Waals surface area (Å²) in [6.07, 6.45) is 5.91. The van der Waals surface area contributed by atoms with E-state index in [-0.39, 0.29) is 11.4 Å². The van der Waals surface area contributed by atoms with Crippen molar-refractivity contribution in [1.82, 2.24) is 14.6 Å². The number of aromatic nitrogens is 3. The van der Waals surface area contributed by atoms with Crippen molar-refractivity contribution in [2.75, 3.05) is 18.5 Å². The molecule has 1 aliphatic carbocycles. The fourth-order valence-electron chi connectivity index (χ4n) is 3.17. The molecule has 7 heteroatoms. The van der Waals surface area contributed by atoms with Crippen molar-refractivity contribution in [3.8, 4) is 0 Å². The fourth-order valence-corrected chi connectivity index (χ4v) is 3.94. The van der Waals surface area contributed by atoms with Crippen LogP contribution in [0.4, 0.5) is 5.13 Å². The molecule has 2 aromatic rings. The molecule has 1 aliphatic rings. The molecular weight excluding hydrogens is 324 g/mol. The lowest BCUT2D eigenvalue weighted by molar-refractivity contribution is -0.154. The van der Waals surface area contributed by atoms with E-state index in [1.165, 1.54) is 11.3 Å². The summed E-state index contributed by atoms with van der Waals surface area (Å²) in [5.41, 5.74) is 0.644. The lowest BCUT2D eigenvalue weighted by atomic mass is 9.86. The average molecular weight is 350 g/mol. The molecule has 1 N–H and O–H groups in total. The van der Waals surface area contributed by atoms with Gasteiger partial charge in [0.2, 0.25) is 10.1 Å². The molecular formula is C17H26N4O2S. The van der Waals surface area contributed by atoms with Gasteiger partial charge in [-0.1, -0.05) is 44.9 Å². The molecule has 0 bridgehead atoms. The van der Waals surface area contributed by atoms with E-state index >= 15 is 0 Å². The topological polar surface area (TPSA) is 68.5 Å². The Morgan fingerprint density at radius 1 is 1.42 bits per heavy atom. The summed E-state index contributed by atoms with van der Waals surface area (Å²) >= 11 is 1.52. The molecule has 132 valence electrons. The maximum absolute atomic E-state index is 12.4. The SMILES string of the molecule is CCOC(=O)C1(CNc2nn3cc(C(C)(C)C)nc3s2)CCCC1. The quantitative estimate of drug-likeness (QED) is 0.834. The fraction of sp³-hybridized carbons (Fsp3) is 0.706. The second kappa shape index (κ2) is 6.35. The maximum Gasteiger partial charge on any atom is 0.313 e. The summed E-state index contributed by atoms with van der Waals surface area (Å²) in [6, 6.07) is 0. The smallest absolute Gasteiger partial charge is 0.313 e. The molecule has 0 aliphatic heterocycles. The first-order valence-corrected chi connectivity index (χ1v) is 9.43. The standard InChI is InChI=1S/C17H26N4O2S/c1-5-23-13(22)17(8-6-7-9-17)11-18-14-20-21-10-12(16(2,3)4)19-15(21)24-14/h10H,5-9,11H2,1-4H3,(H,18,20). The van der Waals surface area contributed by atoms with Gasteiger partial charge in [-0.2, -0.15) is 0 Å². The number of ether oxygens (including phenoxy) is 1. The van der Waals surface area contributed by atoms with E-state index in [1.807, 2.05) is 17.6 Å². The molecule has 0 spiro atoms. The van der Waals surface area contributed by atoms with Crippen molar-refractivity contribution in [2.45, 2.75) is 58.8 Å². The minimum absolute atomic E-state index is 0.0127. The van der Waals surface area contributed by atoms with Crippen LogP contribution in [0.15, 0.2) is 6.20 Å². The summed E-state index contributed by atoms with van der Waals surface area (Å²) in [6.45, 7) is 9.29. The molecule has 0 unspecified atom stereocenters. The van der Waals surface area contributed by atoms with Crippen LogP contribution < -0.4 is 5.32 Å². The van der Waals surface area contributed by atoms with E-state index < -0.39 is 5.41 Å². The number of fused-ring (bicyclic) bond motifs is 1. The maximum atomic E-state index is 12.4. The molecule has 24 heavy (non-hydrogen) atoms. The third kappa shape index (κ3) is 3.27. The highest BCUT2D eigenvalue weighted by Gasteiger charge is 2.42. The van der Waals surface area contributed by atoms with Crippen molar-refractivity contribution < 1.29 is 9.53 Å². The third-order valence-corrected chi connectivity index (χ3v) is 5.54. The monoisotopic (exact) mass is 350 g/mol. The van der Waals surface area contributed by atoms with Crippen molar-refractivity contribution in [3.05, 3.63) is 11.9 Å². The van der Waals surface area contributed by atoms with Crippen LogP contribution >= 0.6 is 11.3 Å². The molecule has 3 rings (SSSR count). The Balaban J connectivity index is 1.72. The Hall–Kier alpha value is -1.63. The largest absolute Gasteiger partial charge is 0.466 e. The molecule has 0 amide bonds. The number of esters is 1. The Labute approximate surface area is 146 Å². The van der Waals surface area contributed by atoms with E-state index in [9.17, 15) is 4.79 Å². The van der Waals surface area contributed by atoms with Gasteiger partial charge in [-0.05, 0) is 19.8 Å². The zero-order chi connectivity index (χ0) is 17.4. The highest BCUT2D eigenvalue weighted by Crippen LogP contribution is 2.39. The lowest BCUT2D eigenvalue weighted by Gasteiger charge is -2.26. The normalized spacial score (nSPS) is 17.3. The molecule has 0 aromatic carbocycles. The minimum Gasteiger partial charge on any atom is -0.466 e. The van der Waals surface area contributed by atoms with Crippen molar-refractivity contribution in [2.24, 2.45) is 5.41 Å². The summed E-state index contributed by atoms with van der Waals surface area (Å²) < 4.78 is 7.12. The van der Waals surface area contributed by atoms with Gasteiger partial charge < -0.3 is 10.1 Å². The Morgan fingerprint density at radius 2 is 2.12 bits per heavy atom. The molecule has 0 atom stereocenters. The predicted octanol–water partition coefficient (Wildman–Crippen LogP) is 3.62. The summed E-state index contributed by atoms with van der Waals surface area (Å²) in [4.78, 5) is 17.9. The Kier molecular flexibility index (Phi) is 4.55. The molecule has 1 fully saturated rings. The van der Waals surface area contributed by atoms with Gasteiger partial charge in [0.25, 0.3) is 0 Å².